The molecule has 2 aromatic rings. The maximum atomic E-state index is 14.3. The first-order valence-corrected chi connectivity index (χ1v) is 14.2. The van der Waals surface area contributed by atoms with Gasteiger partial charge in [-0.25, -0.2) is 12.8 Å². The molecule has 36 heavy (non-hydrogen) atoms. The topological polar surface area (TPSA) is 86.8 Å². The predicted octanol–water partition coefficient (Wildman–Crippen LogP) is 5.01. The first kappa shape index (κ1) is 29.9. The molecule has 1 atom stereocenters. The van der Waals surface area contributed by atoms with Crippen molar-refractivity contribution in [3.63, 3.8) is 0 Å². The highest BCUT2D eigenvalue weighted by molar-refractivity contribution is 7.92. The predicted molar refractivity (Wildman–Crippen MR) is 142 cm³/mol. The summed E-state index contributed by atoms with van der Waals surface area (Å²) in [6.07, 6.45) is 1.36. The number of rotatable bonds is 12. The van der Waals surface area contributed by atoms with Gasteiger partial charge in [0.1, 0.15) is 11.9 Å². The number of hydrogen-bond acceptors (Lipinski definition) is 4. The molecule has 198 valence electrons. The van der Waals surface area contributed by atoms with Crippen molar-refractivity contribution in [3.8, 4) is 0 Å². The Hall–Kier alpha value is -2.36. The zero-order valence-electron chi connectivity index (χ0n) is 20.8. The van der Waals surface area contributed by atoms with E-state index in [1.165, 1.54) is 29.2 Å². The molecule has 11 heteroatoms. The molecule has 7 nitrogen and oxygen atoms in total. The molecule has 0 saturated heterocycles. The molecule has 0 aliphatic carbocycles. The highest BCUT2D eigenvalue weighted by Gasteiger charge is 2.30. The summed E-state index contributed by atoms with van der Waals surface area (Å²) in [6.45, 7) is 5.34. The first-order valence-electron chi connectivity index (χ1n) is 11.6. The Morgan fingerprint density at radius 2 is 1.67 bits per heavy atom. The van der Waals surface area contributed by atoms with Gasteiger partial charge in [-0.2, -0.15) is 0 Å². The van der Waals surface area contributed by atoms with Gasteiger partial charge in [0.25, 0.3) is 0 Å². The molecular weight excluding hydrogens is 528 g/mol. The molecule has 0 heterocycles. The van der Waals surface area contributed by atoms with Gasteiger partial charge in [0.2, 0.25) is 21.8 Å². The summed E-state index contributed by atoms with van der Waals surface area (Å²) in [4.78, 5) is 27.8. The standard InChI is InChI=1S/C25H32Cl2FN3O4S/c1-5-22(25(33)29-17(2)3)30(16-18-19(26)10-8-11-20(18)27)24(32)14-9-15-31(36(4,34)35)23-13-7-6-12-21(23)28/h6-8,10-13,17,22H,5,9,14-16H2,1-4H3,(H,29,33)/t22-/m1/s1. The summed E-state index contributed by atoms with van der Waals surface area (Å²) >= 11 is 12.7. The molecule has 0 aromatic heterocycles. The number of nitrogens with zero attached hydrogens (tertiary/aromatic N) is 2. The van der Waals surface area contributed by atoms with Crippen molar-refractivity contribution >= 4 is 50.7 Å². The Morgan fingerprint density at radius 1 is 1.06 bits per heavy atom. The lowest BCUT2D eigenvalue weighted by molar-refractivity contribution is -0.141. The van der Waals surface area contributed by atoms with Crippen molar-refractivity contribution < 1.29 is 22.4 Å². The van der Waals surface area contributed by atoms with Gasteiger partial charge in [-0.05, 0) is 51.0 Å². The van der Waals surface area contributed by atoms with Crippen LogP contribution < -0.4 is 9.62 Å². The number of hydrogen-bond donors (Lipinski definition) is 1. The summed E-state index contributed by atoms with van der Waals surface area (Å²) in [7, 11) is -3.80. The third kappa shape index (κ3) is 8.08. The molecule has 0 fully saturated rings. The monoisotopic (exact) mass is 559 g/mol. The third-order valence-electron chi connectivity index (χ3n) is 5.48. The van der Waals surface area contributed by atoms with Gasteiger partial charge in [0.15, 0.2) is 0 Å². The van der Waals surface area contributed by atoms with Crippen LogP contribution in [-0.4, -0.2) is 50.0 Å². The largest absolute Gasteiger partial charge is 0.352 e. The van der Waals surface area contributed by atoms with E-state index in [9.17, 15) is 22.4 Å². The number of carbonyl (C=O) groups is 2. The minimum atomic E-state index is -3.80. The van der Waals surface area contributed by atoms with E-state index in [1.54, 1.807) is 25.1 Å². The molecule has 1 N–H and O–H groups in total. The van der Waals surface area contributed by atoms with Crippen molar-refractivity contribution in [2.75, 3.05) is 17.1 Å². The second kappa shape index (κ2) is 13.3. The first-order chi connectivity index (χ1) is 16.9. The summed E-state index contributed by atoms with van der Waals surface area (Å²) in [5, 5.41) is 3.56. The Labute approximate surface area is 222 Å². The van der Waals surface area contributed by atoms with Crippen LogP contribution in [-0.2, 0) is 26.2 Å². The van der Waals surface area contributed by atoms with E-state index >= 15 is 0 Å². The zero-order chi connectivity index (χ0) is 27.0. The van der Waals surface area contributed by atoms with Crippen LogP contribution in [0, 0.1) is 5.82 Å². The van der Waals surface area contributed by atoms with Crippen LogP contribution in [0.4, 0.5) is 10.1 Å². The lowest BCUT2D eigenvalue weighted by Crippen LogP contribution is -2.50. The Morgan fingerprint density at radius 3 is 2.19 bits per heavy atom. The summed E-state index contributed by atoms with van der Waals surface area (Å²) in [6, 6.07) is 9.62. The molecule has 0 spiro atoms. The SMILES string of the molecule is CC[C@H](C(=O)NC(C)C)N(Cc1c(Cl)cccc1Cl)C(=O)CCCN(c1ccccc1F)S(C)(=O)=O. The number of halogens is 3. The number of nitrogens with one attached hydrogen (secondary N) is 1. The maximum Gasteiger partial charge on any atom is 0.243 e. The molecule has 2 rings (SSSR count). The Kier molecular flexibility index (Phi) is 11.0. The highest BCUT2D eigenvalue weighted by atomic mass is 35.5. The van der Waals surface area contributed by atoms with E-state index in [2.05, 4.69) is 5.32 Å². The van der Waals surface area contributed by atoms with Crippen LogP contribution in [0.5, 0.6) is 0 Å². The number of anilines is 1. The molecule has 0 bridgehead atoms. The fraction of sp³-hybridized carbons (Fsp3) is 0.440. The van der Waals surface area contributed by atoms with Crippen LogP contribution in [0.25, 0.3) is 0 Å². The summed E-state index contributed by atoms with van der Waals surface area (Å²) < 4.78 is 39.9. The van der Waals surface area contributed by atoms with Crippen molar-refractivity contribution in [2.24, 2.45) is 0 Å². The van der Waals surface area contributed by atoms with Crippen LogP contribution in [0.15, 0.2) is 42.5 Å². The average Bonchev–Trinajstić information content (AvgIpc) is 2.77. The summed E-state index contributed by atoms with van der Waals surface area (Å²) in [5.41, 5.74) is 0.420. The van der Waals surface area contributed by atoms with E-state index in [0.29, 0.717) is 22.0 Å². The van der Waals surface area contributed by atoms with Crippen molar-refractivity contribution in [2.45, 2.75) is 58.7 Å². The molecule has 0 saturated carbocycles. The van der Waals surface area contributed by atoms with Gasteiger partial charge < -0.3 is 10.2 Å². The number of para-hydroxylation sites is 1. The Bertz CT molecular complexity index is 1160. The van der Waals surface area contributed by atoms with Crippen LogP contribution in [0.1, 0.15) is 45.6 Å². The van der Waals surface area contributed by atoms with E-state index in [-0.39, 0.29) is 49.5 Å². The number of carbonyl (C=O) groups excluding carboxylic acids is 2. The normalized spacial score (nSPS) is 12.3. The number of benzene rings is 2. The van der Waals surface area contributed by atoms with Gasteiger partial charge in [-0.15, -0.1) is 0 Å². The van der Waals surface area contributed by atoms with Crippen molar-refractivity contribution in [1.29, 1.82) is 0 Å². The van der Waals surface area contributed by atoms with E-state index in [0.717, 1.165) is 10.6 Å². The van der Waals surface area contributed by atoms with Gasteiger partial charge in [0.05, 0.1) is 11.9 Å². The highest BCUT2D eigenvalue weighted by Crippen LogP contribution is 2.28. The Balaban J connectivity index is 2.29. The second-order valence-corrected chi connectivity index (χ2v) is 11.4. The fourth-order valence-electron chi connectivity index (χ4n) is 3.79. The third-order valence-corrected chi connectivity index (χ3v) is 7.37. The molecular formula is C25H32Cl2FN3O4S. The second-order valence-electron chi connectivity index (χ2n) is 8.70. The van der Waals surface area contributed by atoms with Crippen LogP contribution in [0.2, 0.25) is 10.0 Å². The fourth-order valence-corrected chi connectivity index (χ4v) is 5.27. The zero-order valence-corrected chi connectivity index (χ0v) is 23.1. The van der Waals surface area contributed by atoms with Crippen molar-refractivity contribution in [1.82, 2.24) is 10.2 Å². The van der Waals surface area contributed by atoms with Gasteiger partial charge in [-0.1, -0.05) is 48.3 Å². The molecule has 2 aromatic carbocycles. The number of amides is 2. The quantitative estimate of drug-likeness (QED) is 0.396. The van der Waals surface area contributed by atoms with Gasteiger partial charge in [0, 0.05) is 41.2 Å². The molecule has 0 aliphatic heterocycles. The van der Waals surface area contributed by atoms with Gasteiger partial charge in [-0.3, -0.25) is 13.9 Å². The van der Waals surface area contributed by atoms with E-state index in [1.807, 2.05) is 13.8 Å². The maximum absolute atomic E-state index is 14.3. The smallest absolute Gasteiger partial charge is 0.243 e. The minimum absolute atomic E-state index is 0.00443. The molecule has 2 amide bonds. The number of sulfonamides is 1. The minimum Gasteiger partial charge on any atom is -0.352 e. The summed E-state index contributed by atoms with van der Waals surface area (Å²) in [5.74, 6) is -1.37. The van der Waals surface area contributed by atoms with Gasteiger partial charge >= 0.3 is 0 Å². The average molecular weight is 561 g/mol. The van der Waals surface area contributed by atoms with Crippen molar-refractivity contribution in [3.05, 3.63) is 63.9 Å². The molecule has 0 aliphatic rings. The lowest BCUT2D eigenvalue weighted by Gasteiger charge is -2.32. The lowest BCUT2D eigenvalue weighted by atomic mass is 10.1. The van der Waals surface area contributed by atoms with Crippen LogP contribution >= 0.6 is 23.2 Å². The molecule has 0 unspecified atom stereocenters. The van der Waals surface area contributed by atoms with E-state index < -0.39 is 21.9 Å². The van der Waals surface area contributed by atoms with Crippen LogP contribution in [0.3, 0.4) is 0 Å². The van der Waals surface area contributed by atoms with E-state index in [4.69, 9.17) is 23.2 Å². The molecule has 0 radical (unpaired) electrons.